The predicted molar refractivity (Wildman–Crippen MR) is 144 cm³/mol. The van der Waals surface area contributed by atoms with E-state index in [1.807, 2.05) is 17.1 Å². The molecule has 1 aromatic rings. The minimum atomic E-state index is -2.57. The molecule has 0 spiro atoms. The highest BCUT2D eigenvalue weighted by Crippen LogP contribution is 2.39. The third kappa shape index (κ3) is 5.17. The Labute approximate surface area is 226 Å². The summed E-state index contributed by atoms with van der Waals surface area (Å²) in [6.45, 7) is 1.99. The highest BCUT2D eigenvalue weighted by atomic mass is 35.5. The van der Waals surface area contributed by atoms with Gasteiger partial charge in [-0.1, -0.05) is 23.8 Å². The quantitative estimate of drug-likeness (QED) is 0.459. The largest absolute Gasteiger partial charge is 0.306 e. The molecule has 3 fully saturated rings. The number of allylic oxidation sites excluding steroid dienone is 3. The summed E-state index contributed by atoms with van der Waals surface area (Å²) in [6, 6.07) is 3.42. The smallest absolute Gasteiger partial charge is 0.261 e. The fourth-order valence-electron chi connectivity index (χ4n) is 6.37. The van der Waals surface area contributed by atoms with E-state index in [1.165, 1.54) is 6.07 Å². The molecule has 0 amide bonds. The van der Waals surface area contributed by atoms with Gasteiger partial charge in [0.05, 0.1) is 6.54 Å². The van der Waals surface area contributed by atoms with Crippen molar-refractivity contribution in [3.05, 3.63) is 64.1 Å². The Morgan fingerprint density at radius 2 is 1.89 bits per heavy atom. The molecule has 1 saturated heterocycles. The molecule has 1 N–H and O–H groups in total. The Kier molecular flexibility index (Phi) is 6.90. The molecule has 2 heterocycles. The lowest BCUT2D eigenvalue weighted by Gasteiger charge is -2.39. The second-order valence-electron chi connectivity index (χ2n) is 11.5. The molecular weight excluding hydrogens is 511 g/mol. The number of aliphatic imine (C=N–C) groups is 1. The van der Waals surface area contributed by atoms with Crippen LogP contribution in [0.5, 0.6) is 0 Å². The second kappa shape index (κ2) is 10.1. The SMILES string of the molecule is Cc1c(F)cc(C2=CC3C(=NC=C(C(=O)C4CC4)C3NC3CCC(N4CCC(F)(F)C4)CC3)C=C2)cc1Cl. The zero-order chi connectivity index (χ0) is 26.6. The number of hydrogen-bond acceptors (Lipinski definition) is 4. The first-order chi connectivity index (χ1) is 18.2. The van der Waals surface area contributed by atoms with E-state index in [4.69, 9.17) is 11.6 Å². The maximum atomic E-state index is 14.5. The summed E-state index contributed by atoms with van der Waals surface area (Å²) in [5.41, 5.74) is 3.54. The van der Waals surface area contributed by atoms with E-state index in [0.717, 1.165) is 49.8 Å². The van der Waals surface area contributed by atoms with E-state index in [1.54, 1.807) is 19.2 Å². The third-order valence-electron chi connectivity index (χ3n) is 8.86. The summed E-state index contributed by atoms with van der Waals surface area (Å²) in [5, 5.41) is 4.17. The number of ketones is 1. The van der Waals surface area contributed by atoms with Gasteiger partial charge < -0.3 is 5.32 Å². The molecule has 4 nitrogen and oxygen atoms in total. The molecule has 202 valence electrons. The summed E-state index contributed by atoms with van der Waals surface area (Å²) >= 11 is 6.29. The maximum absolute atomic E-state index is 14.5. The van der Waals surface area contributed by atoms with Crippen LogP contribution in [0.3, 0.4) is 0 Å². The van der Waals surface area contributed by atoms with Crippen LogP contribution in [0.1, 0.15) is 56.1 Å². The number of alkyl halides is 2. The Bertz CT molecular complexity index is 1230. The second-order valence-corrected chi connectivity index (χ2v) is 12.0. The van der Waals surface area contributed by atoms with E-state index in [2.05, 4.69) is 16.4 Å². The molecule has 0 bridgehead atoms. The average Bonchev–Trinajstić information content (AvgIpc) is 3.69. The number of fused-ring (bicyclic) bond motifs is 1. The molecule has 2 atom stereocenters. The number of benzene rings is 1. The minimum absolute atomic E-state index is 0.0489. The van der Waals surface area contributed by atoms with Crippen molar-refractivity contribution in [2.45, 2.75) is 75.9 Å². The van der Waals surface area contributed by atoms with Crippen LogP contribution in [0, 0.1) is 24.6 Å². The monoisotopic (exact) mass is 543 g/mol. The Balaban J connectivity index is 1.23. The third-order valence-corrected chi connectivity index (χ3v) is 9.25. The molecule has 0 aromatic heterocycles. The van der Waals surface area contributed by atoms with Crippen molar-refractivity contribution in [3.8, 4) is 0 Å². The van der Waals surface area contributed by atoms with Gasteiger partial charge in [-0.15, -0.1) is 0 Å². The predicted octanol–water partition coefficient (Wildman–Crippen LogP) is 6.28. The van der Waals surface area contributed by atoms with Crippen LogP contribution in [-0.4, -0.2) is 53.5 Å². The van der Waals surface area contributed by atoms with Crippen molar-refractivity contribution in [1.29, 1.82) is 0 Å². The number of likely N-dealkylation sites (tertiary alicyclic amines) is 1. The molecule has 2 saturated carbocycles. The lowest BCUT2D eigenvalue weighted by Crippen LogP contribution is -2.51. The highest BCUT2D eigenvalue weighted by Gasteiger charge is 2.43. The molecule has 5 aliphatic rings. The van der Waals surface area contributed by atoms with Gasteiger partial charge in [0.25, 0.3) is 5.92 Å². The number of carbonyl (C=O) groups is 1. The topological polar surface area (TPSA) is 44.7 Å². The van der Waals surface area contributed by atoms with Crippen molar-refractivity contribution < 1.29 is 18.0 Å². The molecule has 1 aromatic carbocycles. The lowest BCUT2D eigenvalue weighted by atomic mass is 9.78. The number of rotatable bonds is 6. The van der Waals surface area contributed by atoms with Crippen LogP contribution in [-0.2, 0) is 4.79 Å². The van der Waals surface area contributed by atoms with Gasteiger partial charge in [-0.05, 0) is 74.8 Å². The highest BCUT2D eigenvalue weighted by molar-refractivity contribution is 6.31. The van der Waals surface area contributed by atoms with Gasteiger partial charge in [0.1, 0.15) is 5.82 Å². The molecule has 3 aliphatic carbocycles. The number of carbonyl (C=O) groups excluding carboxylic acids is 1. The van der Waals surface area contributed by atoms with Crippen LogP contribution in [0.2, 0.25) is 5.02 Å². The zero-order valence-corrected chi connectivity index (χ0v) is 22.3. The molecule has 0 radical (unpaired) electrons. The van der Waals surface area contributed by atoms with Crippen molar-refractivity contribution >= 4 is 28.7 Å². The standard InChI is InChI=1S/C30H33ClF3N3O/c1-17-25(31)13-20(14-26(17)32)19-4-9-27-23(12-19)28(24(15-35-27)29(38)18-2-3-18)36-21-5-7-22(8-6-21)37-11-10-30(33,34)16-37/h4,9,12-15,18,21-23,28,36H,2-3,5-8,10-11,16H2,1H3. The van der Waals surface area contributed by atoms with Crippen molar-refractivity contribution in [1.82, 2.24) is 10.2 Å². The zero-order valence-electron chi connectivity index (χ0n) is 21.5. The first kappa shape index (κ1) is 26.0. The van der Waals surface area contributed by atoms with Crippen molar-refractivity contribution in [3.63, 3.8) is 0 Å². The van der Waals surface area contributed by atoms with E-state index < -0.39 is 5.92 Å². The van der Waals surface area contributed by atoms with Gasteiger partial charge in [0.15, 0.2) is 5.78 Å². The first-order valence-corrected chi connectivity index (χ1v) is 14.1. The summed E-state index contributed by atoms with van der Waals surface area (Å²) in [7, 11) is 0. The van der Waals surface area contributed by atoms with Crippen LogP contribution in [0.4, 0.5) is 13.2 Å². The average molecular weight is 544 g/mol. The summed E-state index contributed by atoms with van der Waals surface area (Å²) in [5.74, 6) is -2.86. The van der Waals surface area contributed by atoms with Crippen LogP contribution < -0.4 is 5.32 Å². The number of Topliss-reactive ketones (excluding diaryl/α,β-unsaturated/α-hetero) is 1. The Morgan fingerprint density at radius 1 is 1.13 bits per heavy atom. The van der Waals surface area contributed by atoms with E-state index >= 15 is 0 Å². The van der Waals surface area contributed by atoms with Gasteiger partial charge in [-0.3, -0.25) is 14.7 Å². The van der Waals surface area contributed by atoms with Crippen molar-refractivity contribution in [2.24, 2.45) is 16.8 Å². The number of hydrogen-bond donors (Lipinski definition) is 1. The maximum Gasteiger partial charge on any atom is 0.261 e. The van der Waals surface area contributed by atoms with Gasteiger partial charge in [0, 0.05) is 71.0 Å². The fourth-order valence-corrected chi connectivity index (χ4v) is 6.57. The number of nitrogens with zero attached hydrogens (tertiary/aromatic N) is 2. The van der Waals surface area contributed by atoms with E-state index in [9.17, 15) is 18.0 Å². The minimum Gasteiger partial charge on any atom is -0.306 e. The summed E-state index contributed by atoms with van der Waals surface area (Å²) < 4.78 is 42.0. The van der Waals surface area contributed by atoms with Gasteiger partial charge >= 0.3 is 0 Å². The fraction of sp³-hybridized carbons (Fsp3) is 0.533. The number of halogens is 4. The molecule has 2 unspecified atom stereocenters. The van der Waals surface area contributed by atoms with E-state index in [-0.39, 0.29) is 54.5 Å². The summed E-state index contributed by atoms with van der Waals surface area (Å²) in [4.78, 5) is 19.9. The molecule has 38 heavy (non-hydrogen) atoms. The van der Waals surface area contributed by atoms with Gasteiger partial charge in [0.2, 0.25) is 0 Å². The molecule has 8 heteroatoms. The molecule has 6 rings (SSSR count). The molecular formula is C30H33ClF3N3O. The van der Waals surface area contributed by atoms with Crippen LogP contribution >= 0.6 is 11.6 Å². The molecule has 2 aliphatic heterocycles. The van der Waals surface area contributed by atoms with Gasteiger partial charge in [-0.2, -0.15) is 0 Å². The van der Waals surface area contributed by atoms with Crippen LogP contribution in [0.15, 0.2) is 47.1 Å². The first-order valence-electron chi connectivity index (χ1n) is 13.7. The Morgan fingerprint density at radius 3 is 2.55 bits per heavy atom. The lowest BCUT2D eigenvalue weighted by molar-refractivity contribution is -0.117. The van der Waals surface area contributed by atoms with E-state index in [0.29, 0.717) is 28.3 Å². The van der Waals surface area contributed by atoms with Crippen LogP contribution in [0.25, 0.3) is 5.57 Å². The van der Waals surface area contributed by atoms with Crippen molar-refractivity contribution in [2.75, 3.05) is 13.1 Å². The number of nitrogens with one attached hydrogen (secondary N) is 1. The normalized spacial score (nSPS) is 30.9. The summed E-state index contributed by atoms with van der Waals surface area (Å²) in [6.07, 6.45) is 12.9. The van der Waals surface area contributed by atoms with Gasteiger partial charge in [-0.25, -0.2) is 13.2 Å². The Hall–Kier alpha value is -2.22.